The summed E-state index contributed by atoms with van der Waals surface area (Å²) in [6.07, 6.45) is 6.39. The number of aliphatic hydroxyl groups excluding tert-OH is 1. The molecule has 1 N–H and O–H groups in total. The molecule has 0 spiro atoms. The van der Waals surface area contributed by atoms with Gasteiger partial charge in [0.15, 0.2) is 5.82 Å². The molecule has 0 bridgehead atoms. The highest BCUT2D eigenvalue weighted by molar-refractivity contribution is 5.14. The van der Waals surface area contributed by atoms with Crippen LogP contribution in [0.15, 0.2) is 4.52 Å². The molecule has 2 fully saturated rings. The van der Waals surface area contributed by atoms with Crippen molar-refractivity contribution in [1.82, 2.24) is 10.1 Å². The van der Waals surface area contributed by atoms with Gasteiger partial charge in [-0.15, -0.1) is 0 Å². The first-order valence-electron chi connectivity index (χ1n) is 6.82. The summed E-state index contributed by atoms with van der Waals surface area (Å²) in [7, 11) is 0. The van der Waals surface area contributed by atoms with Gasteiger partial charge in [-0.2, -0.15) is 4.98 Å². The predicted octanol–water partition coefficient (Wildman–Crippen LogP) is 2.81. The minimum Gasteiger partial charge on any atom is -0.385 e. The van der Waals surface area contributed by atoms with E-state index < -0.39 is 6.10 Å². The molecule has 0 saturated heterocycles. The van der Waals surface area contributed by atoms with Crippen LogP contribution < -0.4 is 0 Å². The molecular weight excluding hydrogens is 216 g/mol. The number of aromatic nitrogens is 2. The molecule has 0 aliphatic heterocycles. The van der Waals surface area contributed by atoms with Crippen LogP contribution in [0.3, 0.4) is 0 Å². The zero-order chi connectivity index (χ0) is 11.8. The van der Waals surface area contributed by atoms with Gasteiger partial charge in [0.2, 0.25) is 5.89 Å². The highest BCUT2D eigenvalue weighted by Crippen LogP contribution is 2.60. The maximum absolute atomic E-state index is 9.81. The molecule has 3 unspecified atom stereocenters. The van der Waals surface area contributed by atoms with Crippen molar-refractivity contribution in [1.29, 1.82) is 0 Å². The Balaban J connectivity index is 1.69. The van der Waals surface area contributed by atoms with Crippen LogP contribution in [-0.4, -0.2) is 15.2 Å². The van der Waals surface area contributed by atoms with Gasteiger partial charge in [-0.1, -0.05) is 31.3 Å². The number of hydrogen-bond donors (Lipinski definition) is 1. The van der Waals surface area contributed by atoms with E-state index in [4.69, 9.17) is 4.52 Å². The van der Waals surface area contributed by atoms with Gasteiger partial charge in [0, 0.05) is 5.92 Å². The Morgan fingerprint density at radius 2 is 2.06 bits per heavy atom. The smallest absolute Gasteiger partial charge is 0.230 e. The normalized spacial score (nSPS) is 33.2. The topological polar surface area (TPSA) is 59.2 Å². The first-order valence-corrected chi connectivity index (χ1v) is 6.82. The molecule has 94 valence electrons. The van der Waals surface area contributed by atoms with Gasteiger partial charge in [0.1, 0.15) is 6.10 Å². The maximum atomic E-state index is 9.81. The van der Waals surface area contributed by atoms with Gasteiger partial charge in [0.25, 0.3) is 0 Å². The van der Waals surface area contributed by atoms with E-state index in [1.807, 2.05) is 6.92 Å². The SMILES string of the molecule is CCCC(O)c1noc(C2C3CCCCC32)n1. The van der Waals surface area contributed by atoms with E-state index in [-0.39, 0.29) is 0 Å². The first-order chi connectivity index (χ1) is 8.31. The van der Waals surface area contributed by atoms with E-state index >= 15 is 0 Å². The molecule has 4 nitrogen and oxygen atoms in total. The van der Waals surface area contributed by atoms with E-state index in [0.717, 1.165) is 24.1 Å². The predicted molar refractivity (Wildman–Crippen MR) is 62.4 cm³/mol. The lowest BCUT2D eigenvalue weighted by Crippen LogP contribution is -1.99. The first kappa shape index (κ1) is 11.2. The van der Waals surface area contributed by atoms with E-state index in [2.05, 4.69) is 10.1 Å². The van der Waals surface area contributed by atoms with Crippen LogP contribution in [0, 0.1) is 11.8 Å². The Bertz CT molecular complexity index is 379. The van der Waals surface area contributed by atoms with E-state index in [0.29, 0.717) is 18.2 Å². The van der Waals surface area contributed by atoms with Crippen LogP contribution in [0.1, 0.15) is 69.2 Å². The van der Waals surface area contributed by atoms with E-state index in [9.17, 15) is 5.11 Å². The van der Waals surface area contributed by atoms with Crippen molar-refractivity contribution >= 4 is 0 Å². The van der Waals surface area contributed by atoms with Crippen LogP contribution >= 0.6 is 0 Å². The van der Waals surface area contributed by atoms with E-state index in [1.165, 1.54) is 25.7 Å². The molecule has 2 aliphatic rings. The lowest BCUT2D eigenvalue weighted by atomic mass is 10.0. The molecule has 1 aromatic rings. The summed E-state index contributed by atoms with van der Waals surface area (Å²) in [6, 6.07) is 0. The Kier molecular flexibility index (Phi) is 2.90. The van der Waals surface area contributed by atoms with Crippen molar-refractivity contribution in [3.63, 3.8) is 0 Å². The van der Waals surface area contributed by atoms with Crippen LogP contribution in [-0.2, 0) is 0 Å². The lowest BCUT2D eigenvalue weighted by molar-refractivity contribution is 0.152. The molecule has 0 radical (unpaired) electrons. The third-order valence-electron chi connectivity index (χ3n) is 4.26. The highest BCUT2D eigenvalue weighted by Gasteiger charge is 2.54. The molecule has 1 heterocycles. The second-order valence-electron chi connectivity index (χ2n) is 5.43. The largest absolute Gasteiger partial charge is 0.385 e. The summed E-state index contributed by atoms with van der Waals surface area (Å²) in [5, 5.41) is 13.7. The van der Waals surface area contributed by atoms with Crippen LogP contribution in [0.2, 0.25) is 0 Å². The summed E-state index contributed by atoms with van der Waals surface area (Å²) in [4.78, 5) is 4.39. The molecule has 2 aliphatic carbocycles. The molecule has 17 heavy (non-hydrogen) atoms. The molecule has 0 aromatic carbocycles. The number of aliphatic hydroxyl groups is 1. The Hall–Kier alpha value is -0.900. The Morgan fingerprint density at radius 3 is 2.71 bits per heavy atom. The van der Waals surface area contributed by atoms with Gasteiger partial charge in [0.05, 0.1) is 0 Å². The van der Waals surface area contributed by atoms with Gasteiger partial charge in [-0.3, -0.25) is 0 Å². The van der Waals surface area contributed by atoms with Gasteiger partial charge in [-0.05, 0) is 31.1 Å². The minimum atomic E-state index is -0.557. The second kappa shape index (κ2) is 4.41. The number of hydrogen-bond acceptors (Lipinski definition) is 4. The van der Waals surface area contributed by atoms with Crippen LogP contribution in [0.25, 0.3) is 0 Å². The summed E-state index contributed by atoms with van der Waals surface area (Å²) in [5.41, 5.74) is 0. The highest BCUT2D eigenvalue weighted by atomic mass is 16.5. The molecule has 0 amide bonds. The number of fused-ring (bicyclic) bond motifs is 1. The standard InChI is InChI=1S/C13H20N2O2/c1-2-5-10(16)12-14-13(17-15-12)11-8-6-3-4-7-9(8)11/h8-11,16H,2-7H2,1H3. The van der Waals surface area contributed by atoms with Crippen molar-refractivity contribution in [3.05, 3.63) is 11.7 Å². The number of rotatable bonds is 4. The average Bonchev–Trinajstić information content (AvgIpc) is 2.86. The molecule has 3 atom stereocenters. The monoisotopic (exact) mass is 236 g/mol. The zero-order valence-electron chi connectivity index (χ0n) is 10.3. The van der Waals surface area contributed by atoms with Gasteiger partial charge in [-0.25, -0.2) is 0 Å². The minimum absolute atomic E-state index is 0.477. The zero-order valence-corrected chi connectivity index (χ0v) is 10.3. The third kappa shape index (κ3) is 1.99. The Morgan fingerprint density at radius 1 is 1.35 bits per heavy atom. The lowest BCUT2D eigenvalue weighted by Gasteiger charge is -2.04. The summed E-state index contributed by atoms with van der Waals surface area (Å²) >= 11 is 0. The molecule has 4 heteroatoms. The van der Waals surface area contributed by atoms with Crippen molar-refractivity contribution in [3.8, 4) is 0 Å². The van der Waals surface area contributed by atoms with Gasteiger partial charge < -0.3 is 9.63 Å². The maximum Gasteiger partial charge on any atom is 0.230 e. The fourth-order valence-electron chi connectivity index (χ4n) is 3.28. The molecular formula is C13H20N2O2. The molecule has 1 aromatic heterocycles. The van der Waals surface area contributed by atoms with Crippen molar-refractivity contribution < 1.29 is 9.63 Å². The molecule has 3 rings (SSSR count). The Labute approximate surface area is 101 Å². The van der Waals surface area contributed by atoms with E-state index in [1.54, 1.807) is 0 Å². The average molecular weight is 236 g/mol. The fraction of sp³-hybridized carbons (Fsp3) is 0.846. The van der Waals surface area contributed by atoms with Crippen molar-refractivity contribution in [2.24, 2.45) is 11.8 Å². The molecule has 2 saturated carbocycles. The van der Waals surface area contributed by atoms with Crippen molar-refractivity contribution in [2.45, 2.75) is 57.5 Å². The van der Waals surface area contributed by atoms with Crippen LogP contribution in [0.5, 0.6) is 0 Å². The third-order valence-corrected chi connectivity index (χ3v) is 4.26. The summed E-state index contributed by atoms with van der Waals surface area (Å²) < 4.78 is 5.33. The van der Waals surface area contributed by atoms with Crippen molar-refractivity contribution in [2.75, 3.05) is 0 Å². The van der Waals surface area contributed by atoms with Gasteiger partial charge >= 0.3 is 0 Å². The van der Waals surface area contributed by atoms with Crippen LogP contribution in [0.4, 0.5) is 0 Å². The summed E-state index contributed by atoms with van der Waals surface area (Å²) in [6.45, 7) is 2.04. The number of nitrogens with zero attached hydrogens (tertiary/aromatic N) is 2. The second-order valence-corrected chi connectivity index (χ2v) is 5.43. The fourth-order valence-corrected chi connectivity index (χ4v) is 3.28. The summed E-state index contributed by atoms with van der Waals surface area (Å²) in [5.74, 6) is 3.30. The quantitative estimate of drug-likeness (QED) is 0.873.